The molecule has 2 aromatic heterocycles. The highest BCUT2D eigenvalue weighted by atomic mass is 16.5. The molecule has 4 nitrogen and oxygen atoms in total. The number of nitrogens with zero attached hydrogens (tertiary/aromatic N) is 2. The lowest BCUT2D eigenvalue weighted by Gasteiger charge is -2.12. The number of hydrogen-bond acceptors (Lipinski definition) is 4. The minimum atomic E-state index is -0.105. The van der Waals surface area contributed by atoms with Crippen LogP contribution in [-0.4, -0.2) is 10.1 Å². The molecular formula is C16H15N3O. The predicted octanol–water partition coefficient (Wildman–Crippen LogP) is 3.33. The molecule has 0 radical (unpaired) electrons. The molecule has 1 atom stereocenters. The molecule has 0 fully saturated rings. The Balaban J connectivity index is 1.83. The quantitative estimate of drug-likeness (QED) is 0.785. The Kier molecular flexibility index (Phi) is 3.31. The van der Waals surface area contributed by atoms with Crippen molar-refractivity contribution in [2.45, 2.75) is 12.5 Å². The number of fused-ring (bicyclic) bond motifs is 1. The minimum absolute atomic E-state index is 0.105. The highest BCUT2D eigenvalue weighted by Crippen LogP contribution is 2.28. The molecule has 0 bridgehead atoms. The minimum Gasteiger partial charge on any atom is -0.335 e. The average molecular weight is 265 g/mol. The largest absolute Gasteiger partial charge is 0.335 e. The first-order valence-electron chi connectivity index (χ1n) is 6.45. The van der Waals surface area contributed by atoms with Gasteiger partial charge in [0.15, 0.2) is 0 Å². The number of aromatic nitrogens is 2. The van der Waals surface area contributed by atoms with Gasteiger partial charge >= 0.3 is 0 Å². The van der Waals surface area contributed by atoms with Gasteiger partial charge in [-0.3, -0.25) is 0 Å². The summed E-state index contributed by atoms with van der Waals surface area (Å²) in [7, 11) is 0. The lowest BCUT2D eigenvalue weighted by Crippen LogP contribution is -2.10. The van der Waals surface area contributed by atoms with Crippen molar-refractivity contribution in [1.82, 2.24) is 10.1 Å². The summed E-state index contributed by atoms with van der Waals surface area (Å²) in [5.41, 5.74) is 9.41. The van der Waals surface area contributed by atoms with Gasteiger partial charge in [-0.15, -0.1) is 0 Å². The zero-order valence-electron chi connectivity index (χ0n) is 11.0. The van der Waals surface area contributed by atoms with Gasteiger partial charge in [0.05, 0.1) is 5.39 Å². The summed E-state index contributed by atoms with van der Waals surface area (Å²) in [4.78, 5) is 4.12. The van der Waals surface area contributed by atoms with Crippen molar-refractivity contribution in [1.29, 1.82) is 0 Å². The van der Waals surface area contributed by atoms with E-state index in [0.717, 1.165) is 22.2 Å². The zero-order chi connectivity index (χ0) is 13.9. The Labute approximate surface area is 116 Å². The average Bonchev–Trinajstić information content (AvgIpc) is 2.92. The summed E-state index contributed by atoms with van der Waals surface area (Å²) in [5.74, 6) is 0. The van der Waals surface area contributed by atoms with E-state index in [1.165, 1.54) is 0 Å². The van der Waals surface area contributed by atoms with Crippen molar-refractivity contribution >= 4 is 16.7 Å². The second-order valence-electron chi connectivity index (χ2n) is 4.71. The van der Waals surface area contributed by atoms with Gasteiger partial charge in [-0.05, 0) is 29.7 Å². The molecule has 0 amide bonds. The van der Waals surface area contributed by atoms with Crippen molar-refractivity contribution in [3.05, 3.63) is 66.5 Å². The fraction of sp³-hybridized carbons (Fsp3) is 0.125. The molecule has 2 heterocycles. The van der Waals surface area contributed by atoms with Crippen molar-refractivity contribution in [3.63, 3.8) is 0 Å². The van der Waals surface area contributed by atoms with E-state index in [0.29, 0.717) is 12.1 Å². The van der Waals surface area contributed by atoms with E-state index in [2.05, 4.69) is 16.7 Å². The van der Waals surface area contributed by atoms with Gasteiger partial charge in [0, 0.05) is 12.2 Å². The van der Waals surface area contributed by atoms with Crippen LogP contribution in [0.25, 0.3) is 16.7 Å². The molecule has 20 heavy (non-hydrogen) atoms. The molecule has 3 aromatic rings. The van der Waals surface area contributed by atoms with Crippen LogP contribution in [0, 0.1) is 0 Å². The molecule has 0 spiro atoms. The van der Waals surface area contributed by atoms with Crippen molar-refractivity contribution in [2.24, 2.45) is 5.73 Å². The molecular weight excluding hydrogens is 250 g/mol. The van der Waals surface area contributed by atoms with E-state index in [1.54, 1.807) is 6.20 Å². The maximum absolute atomic E-state index is 6.21. The lowest BCUT2D eigenvalue weighted by atomic mass is 9.98. The zero-order valence-corrected chi connectivity index (χ0v) is 11.0. The lowest BCUT2D eigenvalue weighted by molar-refractivity contribution is 0.445. The van der Waals surface area contributed by atoms with Crippen LogP contribution in [0.15, 0.2) is 59.8 Å². The third kappa shape index (κ3) is 2.33. The summed E-state index contributed by atoms with van der Waals surface area (Å²) >= 11 is 0. The van der Waals surface area contributed by atoms with Crippen LogP contribution >= 0.6 is 0 Å². The van der Waals surface area contributed by atoms with Crippen molar-refractivity contribution in [2.75, 3.05) is 0 Å². The molecule has 0 aliphatic rings. The summed E-state index contributed by atoms with van der Waals surface area (Å²) in [6, 6.07) is 13.6. The smallest absolute Gasteiger partial charge is 0.258 e. The number of rotatable bonds is 4. The number of benzene rings is 1. The predicted molar refractivity (Wildman–Crippen MR) is 78.8 cm³/mol. The van der Waals surface area contributed by atoms with Crippen molar-refractivity contribution < 1.29 is 4.52 Å². The summed E-state index contributed by atoms with van der Waals surface area (Å²) < 4.78 is 5.19. The highest BCUT2D eigenvalue weighted by molar-refractivity contribution is 5.86. The van der Waals surface area contributed by atoms with Crippen LogP contribution in [0.1, 0.15) is 23.7 Å². The molecule has 0 saturated heterocycles. The molecule has 4 heteroatoms. The van der Waals surface area contributed by atoms with Crippen LogP contribution in [0.2, 0.25) is 0 Å². The number of hydrogen-bond donors (Lipinski definition) is 1. The van der Waals surface area contributed by atoms with Crippen LogP contribution in [0.3, 0.4) is 0 Å². The Morgan fingerprint density at radius 2 is 2.00 bits per heavy atom. The fourth-order valence-electron chi connectivity index (χ4n) is 2.22. The topological polar surface area (TPSA) is 64.9 Å². The van der Waals surface area contributed by atoms with Crippen LogP contribution in [-0.2, 0) is 0 Å². The second kappa shape index (κ2) is 5.27. The first-order valence-corrected chi connectivity index (χ1v) is 6.45. The first kappa shape index (κ1) is 12.6. The van der Waals surface area contributed by atoms with Crippen molar-refractivity contribution in [3.8, 4) is 0 Å². The standard InChI is InChI=1S/C16H15N3O/c1-11(10-14(17)12-6-3-2-4-7-12)15-13-8-5-9-18-16(13)20-19-15/h2-9,14H,1,10,17H2. The normalized spacial score (nSPS) is 12.4. The Morgan fingerprint density at radius 1 is 1.20 bits per heavy atom. The molecule has 0 saturated carbocycles. The van der Waals surface area contributed by atoms with E-state index in [-0.39, 0.29) is 6.04 Å². The van der Waals surface area contributed by atoms with Gasteiger partial charge in [-0.25, -0.2) is 4.98 Å². The van der Waals surface area contributed by atoms with E-state index < -0.39 is 0 Å². The molecule has 2 N–H and O–H groups in total. The Morgan fingerprint density at radius 3 is 2.80 bits per heavy atom. The highest BCUT2D eigenvalue weighted by Gasteiger charge is 2.15. The fourth-order valence-corrected chi connectivity index (χ4v) is 2.22. The molecule has 3 rings (SSSR count). The Bertz CT molecular complexity index is 734. The maximum Gasteiger partial charge on any atom is 0.258 e. The Hall–Kier alpha value is -2.46. The van der Waals surface area contributed by atoms with Gasteiger partial charge in [0.2, 0.25) is 0 Å². The van der Waals surface area contributed by atoms with Gasteiger partial charge in [-0.1, -0.05) is 42.1 Å². The van der Waals surface area contributed by atoms with Crippen LogP contribution in [0.4, 0.5) is 0 Å². The summed E-state index contributed by atoms with van der Waals surface area (Å²) in [6.07, 6.45) is 2.30. The van der Waals surface area contributed by atoms with Gasteiger partial charge in [0.1, 0.15) is 5.69 Å². The van der Waals surface area contributed by atoms with E-state index >= 15 is 0 Å². The van der Waals surface area contributed by atoms with Gasteiger partial charge in [-0.2, -0.15) is 0 Å². The number of nitrogens with two attached hydrogens (primary N) is 1. The van der Waals surface area contributed by atoms with E-state index in [4.69, 9.17) is 10.3 Å². The SMILES string of the molecule is C=C(CC(N)c1ccccc1)c1noc2ncccc12. The molecule has 0 aliphatic heterocycles. The third-order valence-electron chi connectivity index (χ3n) is 3.28. The van der Waals surface area contributed by atoms with Crippen LogP contribution in [0.5, 0.6) is 0 Å². The van der Waals surface area contributed by atoms with E-state index in [9.17, 15) is 0 Å². The molecule has 100 valence electrons. The molecule has 1 aromatic carbocycles. The summed E-state index contributed by atoms with van der Waals surface area (Å²) in [5, 5.41) is 4.92. The second-order valence-corrected chi connectivity index (χ2v) is 4.71. The van der Waals surface area contributed by atoms with Gasteiger partial charge in [0.25, 0.3) is 5.71 Å². The van der Waals surface area contributed by atoms with Crippen LogP contribution < -0.4 is 5.73 Å². The first-order chi connectivity index (χ1) is 9.75. The third-order valence-corrected chi connectivity index (χ3v) is 3.28. The summed E-state index contributed by atoms with van der Waals surface area (Å²) in [6.45, 7) is 4.08. The van der Waals surface area contributed by atoms with Gasteiger partial charge < -0.3 is 10.3 Å². The monoisotopic (exact) mass is 265 g/mol. The maximum atomic E-state index is 6.21. The molecule has 1 unspecified atom stereocenters. The molecule has 0 aliphatic carbocycles. The number of pyridine rings is 1. The van der Waals surface area contributed by atoms with E-state index in [1.807, 2.05) is 42.5 Å².